The van der Waals surface area contributed by atoms with Gasteiger partial charge in [-0.2, -0.15) is 10.2 Å². The van der Waals surface area contributed by atoms with Crippen molar-refractivity contribution in [2.45, 2.75) is 13.8 Å². The minimum atomic E-state index is -0.417. The molecular formula is C26H22Cl2N4O2. The highest BCUT2D eigenvalue weighted by molar-refractivity contribution is 6.36. The average molecular weight is 493 g/mol. The number of hydrogen-bond donors (Lipinski definition) is 1. The van der Waals surface area contributed by atoms with E-state index in [0.717, 1.165) is 22.5 Å². The molecule has 0 fully saturated rings. The molecule has 0 aliphatic rings. The molecule has 1 N–H and O–H groups in total. The summed E-state index contributed by atoms with van der Waals surface area (Å²) >= 11 is 12.7. The zero-order valence-corrected chi connectivity index (χ0v) is 20.1. The molecule has 4 rings (SSSR count). The Hall–Kier alpha value is -3.61. The van der Waals surface area contributed by atoms with Crippen LogP contribution in [0.3, 0.4) is 0 Å². The molecule has 0 saturated heterocycles. The van der Waals surface area contributed by atoms with Gasteiger partial charge < -0.3 is 4.74 Å². The first kappa shape index (κ1) is 23.5. The molecule has 1 amide bonds. The van der Waals surface area contributed by atoms with Gasteiger partial charge in [0.15, 0.2) is 6.61 Å². The number of aromatic nitrogens is 2. The number of hydrazone groups is 1. The van der Waals surface area contributed by atoms with Crippen LogP contribution in [0, 0.1) is 6.92 Å². The van der Waals surface area contributed by atoms with Crippen molar-refractivity contribution in [3.63, 3.8) is 0 Å². The molecule has 0 atom stereocenters. The third kappa shape index (κ3) is 5.47. The lowest BCUT2D eigenvalue weighted by atomic mass is 10.1. The quantitative estimate of drug-likeness (QED) is 0.251. The van der Waals surface area contributed by atoms with Crippen LogP contribution < -0.4 is 10.2 Å². The van der Waals surface area contributed by atoms with Gasteiger partial charge in [-0.15, -0.1) is 0 Å². The maximum atomic E-state index is 12.4. The molecule has 172 valence electrons. The van der Waals surface area contributed by atoms with Gasteiger partial charge in [-0.3, -0.25) is 4.79 Å². The first-order chi connectivity index (χ1) is 16.4. The molecule has 6 nitrogen and oxygen atoms in total. The molecule has 0 aliphatic heterocycles. The fourth-order valence-corrected chi connectivity index (χ4v) is 3.90. The molecule has 1 aromatic heterocycles. The summed E-state index contributed by atoms with van der Waals surface area (Å²) in [6, 6.07) is 22.7. The molecule has 0 radical (unpaired) electrons. The van der Waals surface area contributed by atoms with Crippen molar-refractivity contribution in [3.8, 4) is 22.7 Å². The second-order valence-corrected chi connectivity index (χ2v) is 8.46. The largest absolute Gasteiger partial charge is 0.481 e. The maximum Gasteiger partial charge on any atom is 0.277 e. The molecule has 8 heteroatoms. The van der Waals surface area contributed by atoms with Gasteiger partial charge in [-0.25, -0.2) is 10.1 Å². The second-order valence-electron chi connectivity index (χ2n) is 7.61. The van der Waals surface area contributed by atoms with Crippen LogP contribution in [0.1, 0.15) is 18.1 Å². The lowest BCUT2D eigenvalue weighted by Crippen LogP contribution is -2.25. The summed E-state index contributed by atoms with van der Waals surface area (Å²) in [7, 11) is 0. The van der Waals surface area contributed by atoms with E-state index in [1.54, 1.807) is 23.0 Å². The molecule has 1 heterocycles. The number of halogens is 2. The van der Waals surface area contributed by atoms with Crippen molar-refractivity contribution in [3.05, 3.63) is 100 Å². The molecular weight excluding hydrogens is 471 g/mol. The highest BCUT2D eigenvalue weighted by atomic mass is 35.5. The number of para-hydroxylation sites is 1. The molecule has 0 unspecified atom stereocenters. The first-order valence-electron chi connectivity index (χ1n) is 10.5. The standard InChI is InChI=1S/C26H22Cl2N4O2/c1-17-8-10-19(11-9-17)18(2)30-31-25(33)16-34-26-22(14-20(27)15-23(26)28)24-12-13-29-32(24)21-6-4-3-5-7-21/h3-15H,16H2,1-2H3,(H,31,33)/b30-18+. The van der Waals surface area contributed by atoms with Gasteiger partial charge in [-0.05, 0) is 49.7 Å². The Kier molecular flexibility index (Phi) is 7.30. The van der Waals surface area contributed by atoms with Crippen LogP contribution >= 0.6 is 23.2 Å². The van der Waals surface area contributed by atoms with Crippen LogP contribution in [0.15, 0.2) is 84.1 Å². The maximum absolute atomic E-state index is 12.4. The normalized spacial score (nSPS) is 11.4. The Bertz CT molecular complexity index is 1330. The van der Waals surface area contributed by atoms with E-state index in [9.17, 15) is 4.79 Å². The molecule has 4 aromatic rings. The Balaban J connectivity index is 1.54. The summed E-state index contributed by atoms with van der Waals surface area (Å²) in [6.45, 7) is 3.56. The highest BCUT2D eigenvalue weighted by Gasteiger charge is 2.18. The summed E-state index contributed by atoms with van der Waals surface area (Å²) in [4.78, 5) is 12.4. The Morgan fingerprint density at radius 1 is 1.06 bits per heavy atom. The Morgan fingerprint density at radius 2 is 1.79 bits per heavy atom. The number of nitrogens with one attached hydrogen (secondary N) is 1. The Morgan fingerprint density at radius 3 is 2.53 bits per heavy atom. The number of amides is 1. The number of hydrogen-bond acceptors (Lipinski definition) is 4. The molecule has 0 bridgehead atoms. The number of ether oxygens (including phenoxy) is 1. The minimum absolute atomic E-state index is 0.279. The number of carbonyl (C=O) groups excluding carboxylic acids is 1. The van der Waals surface area contributed by atoms with Gasteiger partial charge in [0, 0.05) is 10.6 Å². The lowest BCUT2D eigenvalue weighted by Gasteiger charge is -2.15. The van der Waals surface area contributed by atoms with Crippen molar-refractivity contribution >= 4 is 34.8 Å². The summed E-state index contributed by atoms with van der Waals surface area (Å²) in [5.41, 5.74) is 7.48. The third-order valence-corrected chi connectivity index (χ3v) is 5.59. The summed E-state index contributed by atoms with van der Waals surface area (Å²) in [6.07, 6.45) is 1.68. The van der Waals surface area contributed by atoms with Crippen LogP contribution in [-0.4, -0.2) is 28.0 Å². The van der Waals surface area contributed by atoms with E-state index >= 15 is 0 Å². The van der Waals surface area contributed by atoms with Crippen molar-refractivity contribution in [1.82, 2.24) is 15.2 Å². The molecule has 0 aliphatic carbocycles. The second kappa shape index (κ2) is 10.5. The predicted molar refractivity (Wildman–Crippen MR) is 136 cm³/mol. The summed E-state index contributed by atoms with van der Waals surface area (Å²) in [5, 5.41) is 9.32. The summed E-state index contributed by atoms with van der Waals surface area (Å²) < 4.78 is 7.59. The van der Waals surface area contributed by atoms with Gasteiger partial charge in [0.05, 0.1) is 28.3 Å². The van der Waals surface area contributed by atoms with Crippen LogP contribution in [0.5, 0.6) is 5.75 Å². The number of rotatable bonds is 7. The lowest BCUT2D eigenvalue weighted by molar-refractivity contribution is -0.123. The van der Waals surface area contributed by atoms with E-state index in [-0.39, 0.29) is 11.6 Å². The van der Waals surface area contributed by atoms with E-state index in [2.05, 4.69) is 15.6 Å². The van der Waals surface area contributed by atoms with Gasteiger partial charge >= 0.3 is 0 Å². The van der Waals surface area contributed by atoms with Crippen LogP contribution in [0.2, 0.25) is 10.0 Å². The topological polar surface area (TPSA) is 68.5 Å². The zero-order chi connectivity index (χ0) is 24.1. The SMILES string of the molecule is C/C(=N\NC(=O)COc1c(Cl)cc(Cl)cc1-c1ccnn1-c1ccccc1)c1ccc(C)cc1. The minimum Gasteiger partial charge on any atom is -0.481 e. The van der Waals surface area contributed by atoms with Crippen molar-refractivity contribution in [2.75, 3.05) is 6.61 Å². The van der Waals surface area contributed by atoms with E-state index in [4.69, 9.17) is 27.9 Å². The third-order valence-electron chi connectivity index (χ3n) is 5.09. The van der Waals surface area contributed by atoms with Crippen LogP contribution in [-0.2, 0) is 4.79 Å². The molecule has 0 saturated carbocycles. The predicted octanol–water partition coefficient (Wildman–Crippen LogP) is 6.07. The average Bonchev–Trinajstić information content (AvgIpc) is 3.32. The number of nitrogens with zero attached hydrogens (tertiary/aromatic N) is 3. The fourth-order valence-electron chi connectivity index (χ4n) is 3.36. The molecule has 3 aromatic carbocycles. The van der Waals surface area contributed by atoms with Gasteiger partial charge in [0.25, 0.3) is 5.91 Å². The highest BCUT2D eigenvalue weighted by Crippen LogP contribution is 2.39. The van der Waals surface area contributed by atoms with Crippen LogP contribution in [0.4, 0.5) is 0 Å². The van der Waals surface area contributed by atoms with Crippen molar-refractivity contribution in [1.29, 1.82) is 0 Å². The van der Waals surface area contributed by atoms with E-state index in [1.165, 1.54) is 0 Å². The molecule has 34 heavy (non-hydrogen) atoms. The van der Waals surface area contributed by atoms with Crippen molar-refractivity contribution in [2.24, 2.45) is 5.10 Å². The first-order valence-corrected chi connectivity index (χ1v) is 11.3. The van der Waals surface area contributed by atoms with E-state index in [1.807, 2.05) is 74.5 Å². The Labute approximate surface area is 207 Å². The van der Waals surface area contributed by atoms with Crippen molar-refractivity contribution < 1.29 is 9.53 Å². The monoisotopic (exact) mass is 492 g/mol. The summed E-state index contributed by atoms with van der Waals surface area (Å²) in [5.74, 6) is -0.0851. The number of aryl methyl sites for hydroxylation is 1. The van der Waals surface area contributed by atoms with Gasteiger partial charge in [0.2, 0.25) is 0 Å². The van der Waals surface area contributed by atoms with Gasteiger partial charge in [0.1, 0.15) is 5.75 Å². The molecule has 0 spiro atoms. The van der Waals surface area contributed by atoms with Crippen LogP contribution in [0.25, 0.3) is 16.9 Å². The van der Waals surface area contributed by atoms with E-state index in [0.29, 0.717) is 22.0 Å². The number of carbonyl (C=O) groups is 1. The number of benzene rings is 3. The van der Waals surface area contributed by atoms with E-state index < -0.39 is 5.91 Å². The van der Waals surface area contributed by atoms with Gasteiger partial charge in [-0.1, -0.05) is 71.2 Å². The zero-order valence-electron chi connectivity index (χ0n) is 18.6. The fraction of sp³-hybridized carbons (Fsp3) is 0.115. The smallest absolute Gasteiger partial charge is 0.277 e.